The first-order valence-corrected chi connectivity index (χ1v) is 7.23. The maximum atomic E-state index is 12.3. The number of benzene rings is 1. The largest absolute Gasteiger partial charge is 0.497 e. The van der Waals surface area contributed by atoms with Crippen LogP contribution in [-0.4, -0.2) is 25.6 Å². The quantitative estimate of drug-likeness (QED) is 0.863. The fourth-order valence-corrected chi connectivity index (χ4v) is 2.83. The Balaban J connectivity index is 1.85. The van der Waals surface area contributed by atoms with Crippen LogP contribution in [0.5, 0.6) is 5.75 Å². The maximum absolute atomic E-state index is 12.3. The van der Waals surface area contributed by atoms with Crippen LogP contribution < -0.4 is 15.8 Å². The first-order chi connectivity index (χ1) is 9.56. The molecule has 20 heavy (non-hydrogen) atoms. The molecule has 0 saturated heterocycles. The summed E-state index contributed by atoms with van der Waals surface area (Å²) in [5, 5.41) is 3.02. The average molecular weight is 276 g/mol. The van der Waals surface area contributed by atoms with Gasteiger partial charge in [-0.15, -0.1) is 0 Å². The van der Waals surface area contributed by atoms with E-state index in [1.807, 2.05) is 31.2 Å². The van der Waals surface area contributed by atoms with Crippen LogP contribution >= 0.6 is 0 Å². The molecule has 1 saturated carbocycles. The van der Waals surface area contributed by atoms with E-state index in [0.717, 1.165) is 37.0 Å². The zero-order valence-corrected chi connectivity index (χ0v) is 12.3. The molecule has 2 rings (SSSR count). The fraction of sp³-hybridized carbons (Fsp3) is 0.562. The van der Waals surface area contributed by atoms with Crippen LogP contribution in [-0.2, 0) is 11.2 Å². The second-order valence-electron chi connectivity index (χ2n) is 5.77. The molecule has 0 spiro atoms. The number of methoxy groups -OCH3 is 1. The third kappa shape index (κ3) is 3.12. The maximum Gasteiger partial charge on any atom is 0.227 e. The molecule has 1 fully saturated rings. The normalized spacial score (nSPS) is 25.4. The number of nitrogens with one attached hydrogen (secondary N) is 1. The summed E-state index contributed by atoms with van der Waals surface area (Å²) in [6.45, 7) is 2.61. The minimum Gasteiger partial charge on any atom is -0.497 e. The molecule has 1 aromatic rings. The third-order valence-electron chi connectivity index (χ3n) is 4.38. The van der Waals surface area contributed by atoms with E-state index in [4.69, 9.17) is 10.5 Å². The topological polar surface area (TPSA) is 64.3 Å². The van der Waals surface area contributed by atoms with Crippen molar-refractivity contribution in [3.8, 4) is 5.75 Å². The van der Waals surface area contributed by atoms with Gasteiger partial charge in [0.25, 0.3) is 0 Å². The Morgan fingerprint density at radius 2 is 2.35 bits per heavy atom. The summed E-state index contributed by atoms with van der Waals surface area (Å²) in [6, 6.07) is 7.90. The van der Waals surface area contributed by atoms with E-state index >= 15 is 0 Å². The molecule has 2 atom stereocenters. The average Bonchev–Trinajstić information content (AvgIpc) is 2.80. The van der Waals surface area contributed by atoms with E-state index < -0.39 is 5.41 Å². The lowest BCUT2D eigenvalue weighted by molar-refractivity contribution is -0.130. The van der Waals surface area contributed by atoms with Gasteiger partial charge in [0.2, 0.25) is 5.91 Å². The van der Waals surface area contributed by atoms with Crippen LogP contribution in [0.25, 0.3) is 0 Å². The lowest BCUT2D eigenvalue weighted by atomic mass is 9.84. The molecule has 0 bridgehead atoms. The molecule has 4 nitrogen and oxygen atoms in total. The molecule has 0 aliphatic heterocycles. The second kappa shape index (κ2) is 6.27. The predicted molar refractivity (Wildman–Crippen MR) is 79.6 cm³/mol. The Bertz CT molecular complexity index is 475. The van der Waals surface area contributed by atoms with Gasteiger partial charge >= 0.3 is 0 Å². The molecule has 0 heterocycles. The van der Waals surface area contributed by atoms with Gasteiger partial charge in [-0.1, -0.05) is 18.6 Å². The molecule has 2 unspecified atom stereocenters. The van der Waals surface area contributed by atoms with Crippen molar-refractivity contribution in [1.82, 2.24) is 5.32 Å². The van der Waals surface area contributed by atoms with Gasteiger partial charge < -0.3 is 15.8 Å². The van der Waals surface area contributed by atoms with Crippen molar-refractivity contribution in [2.45, 2.75) is 38.6 Å². The van der Waals surface area contributed by atoms with E-state index in [1.165, 1.54) is 0 Å². The van der Waals surface area contributed by atoms with E-state index in [9.17, 15) is 4.79 Å². The molecule has 1 amide bonds. The third-order valence-corrected chi connectivity index (χ3v) is 4.38. The van der Waals surface area contributed by atoms with Crippen molar-refractivity contribution < 1.29 is 9.53 Å². The van der Waals surface area contributed by atoms with Gasteiger partial charge in [0.05, 0.1) is 12.5 Å². The first kappa shape index (κ1) is 14.9. The Morgan fingerprint density at radius 3 is 3.00 bits per heavy atom. The second-order valence-corrected chi connectivity index (χ2v) is 5.77. The van der Waals surface area contributed by atoms with Crippen LogP contribution in [0.15, 0.2) is 24.3 Å². The van der Waals surface area contributed by atoms with Crippen LogP contribution in [0.1, 0.15) is 31.7 Å². The predicted octanol–water partition coefficient (Wildman–Crippen LogP) is 1.87. The van der Waals surface area contributed by atoms with Crippen LogP contribution in [0.3, 0.4) is 0 Å². The summed E-state index contributed by atoms with van der Waals surface area (Å²) in [7, 11) is 1.66. The Hall–Kier alpha value is -1.55. The molecule has 0 radical (unpaired) electrons. The first-order valence-electron chi connectivity index (χ1n) is 7.23. The molecule has 1 aliphatic rings. The zero-order chi connectivity index (χ0) is 14.6. The summed E-state index contributed by atoms with van der Waals surface area (Å²) in [5.41, 5.74) is 6.82. The van der Waals surface area contributed by atoms with Crippen molar-refractivity contribution in [3.63, 3.8) is 0 Å². The number of carbonyl (C=O) groups excluding carboxylic acids is 1. The lowest BCUT2D eigenvalue weighted by Gasteiger charge is -2.27. The highest BCUT2D eigenvalue weighted by Crippen LogP contribution is 2.36. The van der Waals surface area contributed by atoms with E-state index in [2.05, 4.69) is 5.32 Å². The van der Waals surface area contributed by atoms with Gasteiger partial charge in [0.1, 0.15) is 5.75 Å². The number of nitrogens with two attached hydrogens (primary N) is 1. The number of carbonyl (C=O) groups is 1. The number of ether oxygens (including phenoxy) is 1. The summed E-state index contributed by atoms with van der Waals surface area (Å²) in [6.07, 6.45) is 3.67. The van der Waals surface area contributed by atoms with Gasteiger partial charge in [0, 0.05) is 12.6 Å². The summed E-state index contributed by atoms with van der Waals surface area (Å²) >= 11 is 0. The summed E-state index contributed by atoms with van der Waals surface area (Å²) in [5.74, 6) is 0.934. The highest BCUT2D eigenvalue weighted by Gasteiger charge is 2.42. The number of hydrogen-bond donors (Lipinski definition) is 2. The van der Waals surface area contributed by atoms with E-state index in [1.54, 1.807) is 7.11 Å². The summed E-state index contributed by atoms with van der Waals surface area (Å²) in [4.78, 5) is 12.3. The number of rotatable bonds is 5. The monoisotopic (exact) mass is 276 g/mol. The highest BCUT2D eigenvalue weighted by molar-refractivity contribution is 5.83. The minimum absolute atomic E-state index is 0.0145. The SMILES string of the molecule is COc1cccc(CCNC(=O)C2(C)CCCC2N)c1. The zero-order valence-electron chi connectivity index (χ0n) is 12.3. The molecule has 110 valence electrons. The lowest BCUT2D eigenvalue weighted by Crippen LogP contribution is -2.47. The minimum atomic E-state index is -0.394. The van der Waals surface area contributed by atoms with E-state index in [-0.39, 0.29) is 11.9 Å². The number of amides is 1. The molecule has 4 heteroatoms. The van der Waals surface area contributed by atoms with Gasteiger partial charge in [-0.3, -0.25) is 4.79 Å². The van der Waals surface area contributed by atoms with Gasteiger partial charge in [-0.25, -0.2) is 0 Å². The van der Waals surface area contributed by atoms with Gasteiger partial charge in [0.15, 0.2) is 0 Å². The number of hydrogen-bond acceptors (Lipinski definition) is 3. The van der Waals surface area contributed by atoms with Crippen molar-refractivity contribution in [2.75, 3.05) is 13.7 Å². The molecule has 0 aromatic heterocycles. The molecular formula is C16H24N2O2. The fourth-order valence-electron chi connectivity index (χ4n) is 2.83. The van der Waals surface area contributed by atoms with E-state index in [0.29, 0.717) is 6.54 Å². The Morgan fingerprint density at radius 1 is 1.55 bits per heavy atom. The molecule has 3 N–H and O–H groups in total. The van der Waals surface area contributed by atoms with Crippen molar-refractivity contribution in [2.24, 2.45) is 11.1 Å². The van der Waals surface area contributed by atoms with Gasteiger partial charge in [-0.05, 0) is 43.9 Å². The van der Waals surface area contributed by atoms with Gasteiger partial charge in [-0.2, -0.15) is 0 Å². The smallest absolute Gasteiger partial charge is 0.227 e. The van der Waals surface area contributed by atoms with Crippen molar-refractivity contribution >= 4 is 5.91 Å². The van der Waals surface area contributed by atoms with Crippen molar-refractivity contribution in [1.29, 1.82) is 0 Å². The Labute approximate surface area is 120 Å². The van der Waals surface area contributed by atoms with Crippen LogP contribution in [0.2, 0.25) is 0 Å². The van der Waals surface area contributed by atoms with Crippen molar-refractivity contribution in [3.05, 3.63) is 29.8 Å². The molecule has 1 aliphatic carbocycles. The van der Waals surface area contributed by atoms with Crippen LogP contribution in [0.4, 0.5) is 0 Å². The van der Waals surface area contributed by atoms with Crippen LogP contribution in [0, 0.1) is 5.41 Å². The summed E-state index contributed by atoms with van der Waals surface area (Å²) < 4.78 is 5.19. The molecule has 1 aromatic carbocycles. The Kier molecular flexibility index (Phi) is 4.65. The highest BCUT2D eigenvalue weighted by atomic mass is 16.5. The standard InChI is InChI=1S/C16H24N2O2/c1-16(9-4-7-14(16)17)15(19)18-10-8-12-5-3-6-13(11-12)20-2/h3,5-6,11,14H,4,7-10,17H2,1-2H3,(H,18,19). The molecular weight excluding hydrogens is 252 g/mol.